The van der Waals surface area contributed by atoms with Crippen molar-refractivity contribution >= 4 is 11.7 Å². The molecule has 0 N–H and O–H groups in total. The molecule has 1 aromatic carbocycles. The highest BCUT2D eigenvalue weighted by molar-refractivity contribution is 5.94. The van der Waals surface area contributed by atoms with E-state index in [1.807, 2.05) is 31.2 Å². The lowest BCUT2D eigenvalue weighted by molar-refractivity contribution is 0.234. The molecular formula is C13H16N2O2. The molecule has 4 nitrogen and oxygen atoms in total. The Bertz CT molecular complexity index is 414. The number of carbonyl (C=O) groups excluding carboxylic acids is 1. The lowest BCUT2D eigenvalue weighted by Gasteiger charge is -2.16. The molecule has 0 bridgehead atoms. The van der Waals surface area contributed by atoms with Crippen molar-refractivity contribution in [2.75, 3.05) is 24.6 Å². The summed E-state index contributed by atoms with van der Waals surface area (Å²) >= 11 is 0. The van der Waals surface area contributed by atoms with Crippen LogP contribution in [0.1, 0.15) is 6.92 Å². The molecule has 0 unspecified atom stereocenters. The molecule has 0 aromatic heterocycles. The molecule has 0 saturated carbocycles. The lowest BCUT2D eigenvalue weighted by Crippen LogP contribution is -2.28. The number of carbonyl (C=O) groups is 1. The first-order valence-corrected chi connectivity index (χ1v) is 5.70. The first kappa shape index (κ1) is 11.5. The van der Waals surface area contributed by atoms with Gasteiger partial charge in [-0.15, -0.1) is 0 Å². The molecule has 1 saturated heterocycles. The van der Waals surface area contributed by atoms with Crippen LogP contribution in [-0.2, 0) is 0 Å². The molecule has 90 valence electrons. The maximum Gasteiger partial charge on any atom is 0.328 e. The van der Waals surface area contributed by atoms with Gasteiger partial charge in [0.15, 0.2) is 0 Å². The largest absolute Gasteiger partial charge is 0.494 e. The van der Waals surface area contributed by atoms with Gasteiger partial charge in [0.2, 0.25) is 0 Å². The zero-order valence-electron chi connectivity index (χ0n) is 9.93. The van der Waals surface area contributed by atoms with Crippen LogP contribution in [0.3, 0.4) is 0 Å². The van der Waals surface area contributed by atoms with E-state index in [4.69, 9.17) is 4.74 Å². The number of hydrogen-bond donors (Lipinski definition) is 0. The van der Waals surface area contributed by atoms with E-state index < -0.39 is 0 Å². The van der Waals surface area contributed by atoms with Crippen LogP contribution < -0.4 is 9.64 Å². The topological polar surface area (TPSA) is 32.8 Å². The minimum absolute atomic E-state index is 0.0239. The van der Waals surface area contributed by atoms with Gasteiger partial charge in [-0.05, 0) is 31.2 Å². The number of nitrogens with zero attached hydrogens (tertiary/aromatic N) is 2. The first-order valence-electron chi connectivity index (χ1n) is 5.70. The minimum atomic E-state index is -0.0239. The van der Waals surface area contributed by atoms with Gasteiger partial charge in [-0.3, -0.25) is 9.80 Å². The number of urea groups is 1. The Balaban J connectivity index is 2.13. The summed E-state index contributed by atoms with van der Waals surface area (Å²) in [5.74, 6) is 0.823. The zero-order valence-corrected chi connectivity index (χ0v) is 9.93. The van der Waals surface area contributed by atoms with E-state index in [1.54, 1.807) is 16.0 Å². The van der Waals surface area contributed by atoms with E-state index in [9.17, 15) is 4.79 Å². The Morgan fingerprint density at radius 3 is 2.59 bits per heavy atom. The third-order valence-corrected chi connectivity index (χ3v) is 2.72. The number of hydrogen-bond acceptors (Lipinski definition) is 2. The second kappa shape index (κ2) is 4.91. The van der Waals surface area contributed by atoms with Crippen LogP contribution in [0.15, 0.2) is 37.0 Å². The highest BCUT2D eigenvalue weighted by Gasteiger charge is 2.27. The van der Waals surface area contributed by atoms with Gasteiger partial charge in [-0.2, -0.15) is 0 Å². The van der Waals surface area contributed by atoms with Crippen LogP contribution in [0.2, 0.25) is 0 Å². The van der Waals surface area contributed by atoms with Crippen LogP contribution in [0.25, 0.3) is 0 Å². The van der Waals surface area contributed by atoms with Gasteiger partial charge >= 0.3 is 6.03 Å². The molecule has 0 radical (unpaired) electrons. The normalized spacial score (nSPS) is 15.2. The van der Waals surface area contributed by atoms with Crippen LogP contribution in [0.5, 0.6) is 5.75 Å². The van der Waals surface area contributed by atoms with Crippen molar-refractivity contribution in [1.29, 1.82) is 0 Å². The van der Waals surface area contributed by atoms with Crippen molar-refractivity contribution in [2.45, 2.75) is 6.92 Å². The number of benzene rings is 1. The quantitative estimate of drug-likeness (QED) is 0.799. The summed E-state index contributed by atoms with van der Waals surface area (Å²) in [5.41, 5.74) is 0.891. The third kappa shape index (κ3) is 2.25. The summed E-state index contributed by atoms with van der Waals surface area (Å²) in [6, 6.07) is 7.53. The molecule has 0 spiro atoms. The van der Waals surface area contributed by atoms with Crippen LogP contribution in [0, 0.1) is 0 Å². The maximum absolute atomic E-state index is 11.9. The van der Waals surface area contributed by atoms with Crippen molar-refractivity contribution in [3.05, 3.63) is 37.0 Å². The molecule has 1 heterocycles. The number of rotatable bonds is 4. The molecule has 1 fully saturated rings. The van der Waals surface area contributed by atoms with Gasteiger partial charge in [0.1, 0.15) is 5.75 Å². The molecule has 4 heteroatoms. The predicted octanol–water partition coefficient (Wildman–Crippen LogP) is 2.47. The van der Waals surface area contributed by atoms with Crippen molar-refractivity contribution < 1.29 is 9.53 Å². The molecule has 2 rings (SSSR count). The first-order chi connectivity index (χ1) is 8.26. The molecule has 17 heavy (non-hydrogen) atoms. The van der Waals surface area contributed by atoms with E-state index in [0.29, 0.717) is 19.7 Å². The summed E-state index contributed by atoms with van der Waals surface area (Å²) in [6.07, 6.45) is 1.57. The third-order valence-electron chi connectivity index (χ3n) is 2.72. The highest BCUT2D eigenvalue weighted by atomic mass is 16.5. The van der Waals surface area contributed by atoms with Gasteiger partial charge in [-0.25, -0.2) is 4.79 Å². The average molecular weight is 232 g/mol. The molecule has 1 aliphatic rings. The second-order valence-corrected chi connectivity index (χ2v) is 3.74. The highest BCUT2D eigenvalue weighted by Crippen LogP contribution is 2.23. The summed E-state index contributed by atoms with van der Waals surface area (Å²) in [5, 5.41) is 0. The molecule has 2 amide bonds. The van der Waals surface area contributed by atoms with E-state index in [2.05, 4.69) is 6.58 Å². The van der Waals surface area contributed by atoms with Gasteiger partial charge in [0.05, 0.1) is 6.61 Å². The average Bonchev–Trinajstić information content (AvgIpc) is 2.72. The van der Waals surface area contributed by atoms with E-state index in [-0.39, 0.29) is 6.03 Å². The van der Waals surface area contributed by atoms with Gasteiger partial charge in [0.25, 0.3) is 0 Å². The monoisotopic (exact) mass is 232 g/mol. The van der Waals surface area contributed by atoms with Gasteiger partial charge < -0.3 is 4.74 Å². The molecule has 1 aromatic rings. The van der Waals surface area contributed by atoms with Gasteiger partial charge in [0, 0.05) is 25.0 Å². The van der Waals surface area contributed by atoms with Crippen LogP contribution in [-0.4, -0.2) is 30.6 Å². The van der Waals surface area contributed by atoms with E-state index in [0.717, 1.165) is 11.4 Å². The van der Waals surface area contributed by atoms with Crippen molar-refractivity contribution in [2.24, 2.45) is 0 Å². The fourth-order valence-electron chi connectivity index (χ4n) is 1.85. The van der Waals surface area contributed by atoms with Crippen LogP contribution >= 0.6 is 0 Å². The fraction of sp³-hybridized carbons (Fsp3) is 0.308. The van der Waals surface area contributed by atoms with Crippen molar-refractivity contribution in [3.8, 4) is 5.75 Å². The Morgan fingerprint density at radius 1 is 1.35 bits per heavy atom. The minimum Gasteiger partial charge on any atom is -0.494 e. The summed E-state index contributed by atoms with van der Waals surface area (Å²) in [6.45, 7) is 7.59. The SMILES string of the molecule is C=CN1CCN(c2ccc(OCC)cc2)C1=O. The second-order valence-electron chi connectivity index (χ2n) is 3.74. The Hall–Kier alpha value is -1.97. The Labute approximate surface area is 101 Å². The number of amides is 2. The molecule has 0 aliphatic carbocycles. The molecular weight excluding hydrogens is 216 g/mol. The number of anilines is 1. The maximum atomic E-state index is 11.9. The lowest BCUT2D eigenvalue weighted by atomic mass is 10.3. The summed E-state index contributed by atoms with van der Waals surface area (Å²) < 4.78 is 5.36. The Morgan fingerprint density at radius 2 is 2.06 bits per heavy atom. The zero-order chi connectivity index (χ0) is 12.3. The molecule has 1 aliphatic heterocycles. The fourth-order valence-corrected chi connectivity index (χ4v) is 1.85. The standard InChI is InChI=1S/C13H16N2O2/c1-3-14-9-10-15(13(14)16)11-5-7-12(8-6-11)17-4-2/h3,5-8H,1,4,9-10H2,2H3. The van der Waals surface area contributed by atoms with Crippen molar-refractivity contribution in [1.82, 2.24) is 4.90 Å². The van der Waals surface area contributed by atoms with Crippen molar-refractivity contribution in [3.63, 3.8) is 0 Å². The summed E-state index contributed by atoms with van der Waals surface area (Å²) in [4.78, 5) is 15.2. The van der Waals surface area contributed by atoms with E-state index in [1.165, 1.54) is 0 Å². The molecule has 0 atom stereocenters. The number of ether oxygens (including phenoxy) is 1. The Kier molecular flexibility index (Phi) is 3.32. The summed E-state index contributed by atoms with van der Waals surface area (Å²) in [7, 11) is 0. The van der Waals surface area contributed by atoms with E-state index >= 15 is 0 Å². The van der Waals surface area contributed by atoms with Crippen LogP contribution in [0.4, 0.5) is 10.5 Å². The smallest absolute Gasteiger partial charge is 0.328 e. The van der Waals surface area contributed by atoms with Gasteiger partial charge in [-0.1, -0.05) is 6.58 Å². The predicted molar refractivity (Wildman–Crippen MR) is 67.3 cm³/mol.